The maximum Gasteiger partial charge on any atom is 0.273 e. The van der Waals surface area contributed by atoms with Gasteiger partial charge in [-0.2, -0.15) is 0 Å². The van der Waals surface area contributed by atoms with Crippen LogP contribution in [0.3, 0.4) is 0 Å². The standard InChI is InChI=1S/C16H20N2O3S/c1-18(14(8-9-19)12-6-4-3-5-7-12)16(20)13-11-22-15(17-13)10-21-2/h3-7,11,14,19H,8-10H2,1-2H3. The zero-order valence-corrected chi connectivity index (χ0v) is 13.5. The molecule has 0 aliphatic rings. The predicted octanol–water partition coefficient (Wildman–Crippen LogP) is 2.49. The number of carbonyl (C=O) groups excluding carboxylic acids is 1. The highest BCUT2D eigenvalue weighted by atomic mass is 32.1. The molecule has 5 nitrogen and oxygen atoms in total. The molecule has 1 N–H and O–H groups in total. The highest BCUT2D eigenvalue weighted by Gasteiger charge is 2.24. The molecule has 1 aromatic heterocycles. The molecule has 118 valence electrons. The first kappa shape index (κ1) is 16.6. The molecule has 1 amide bonds. The number of nitrogens with zero attached hydrogens (tertiary/aromatic N) is 2. The zero-order chi connectivity index (χ0) is 15.9. The third-order valence-corrected chi connectivity index (χ3v) is 4.24. The second-order valence-electron chi connectivity index (χ2n) is 4.91. The van der Waals surface area contributed by atoms with Crippen molar-refractivity contribution in [3.05, 3.63) is 52.0 Å². The van der Waals surface area contributed by atoms with Gasteiger partial charge in [0.25, 0.3) is 5.91 Å². The lowest BCUT2D eigenvalue weighted by atomic mass is 10.0. The first-order chi connectivity index (χ1) is 10.7. The first-order valence-electron chi connectivity index (χ1n) is 7.03. The van der Waals surface area contributed by atoms with Crippen LogP contribution >= 0.6 is 11.3 Å². The minimum atomic E-state index is -0.175. The third kappa shape index (κ3) is 3.91. The Kier molecular flexibility index (Phi) is 6.06. The van der Waals surface area contributed by atoms with Crippen LogP contribution in [-0.2, 0) is 11.3 Å². The smallest absolute Gasteiger partial charge is 0.273 e. The average molecular weight is 320 g/mol. The molecule has 1 unspecified atom stereocenters. The minimum Gasteiger partial charge on any atom is -0.396 e. The van der Waals surface area contributed by atoms with Crippen molar-refractivity contribution in [3.8, 4) is 0 Å². The molecule has 0 fully saturated rings. The van der Waals surface area contributed by atoms with Crippen LogP contribution in [0.4, 0.5) is 0 Å². The fourth-order valence-corrected chi connectivity index (χ4v) is 3.04. The van der Waals surface area contributed by atoms with Crippen LogP contribution < -0.4 is 0 Å². The van der Waals surface area contributed by atoms with Gasteiger partial charge in [0.1, 0.15) is 10.7 Å². The molecule has 2 rings (SSSR count). The number of rotatable bonds is 7. The molecule has 0 bridgehead atoms. The van der Waals surface area contributed by atoms with Gasteiger partial charge in [0.2, 0.25) is 0 Å². The Labute approximate surface area is 134 Å². The van der Waals surface area contributed by atoms with Gasteiger partial charge in [-0.3, -0.25) is 4.79 Å². The predicted molar refractivity (Wildman–Crippen MR) is 85.8 cm³/mol. The summed E-state index contributed by atoms with van der Waals surface area (Å²) in [7, 11) is 3.34. The van der Waals surface area contributed by atoms with Gasteiger partial charge in [0, 0.05) is 26.1 Å². The summed E-state index contributed by atoms with van der Waals surface area (Å²) in [5, 5.41) is 11.8. The van der Waals surface area contributed by atoms with E-state index in [-0.39, 0.29) is 18.6 Å². The van der Waals surface area contributed by atoms with Gasteiger partial charge in [-0.1, -0.05) is 30.3 Å². The number of methoxy groups -OCH3 is 1. The molecular formula is C16H20N2O3S. The molecule has 6 heteroatoms. The maximum absolute atomic E-state index is 12.6. The number of benzene rings is 1. The van der Waals surface area contributed by atoms with Crippen LogP contribution in [0.15, 0.2) is 35.7 Å². The van der Waals surface area contributed by atoms with E-state index >= 15 is 0 Å². The van der Waals surface area contributed by atoms with Crippen molar-refractivity contribution in [1.82, 2.24) is 9.88 Å². The summed E-state index contributed by atoms with van der Waals surface area (Å²) >= 11 is 1.41. The Morgan fingerprint density at radius 1 is 1.41 bits per heavy atom. The van der Waals surface area contributed by atoms with Gasteiger partial charge in [0.15, 0.2) is 0 Å². The molecule has 0 radical (unpaired) electrons. The number of thiazole rings is 1. The molecule has 0 aliphatic carbocycles. The van der Waals surface area contributed by atoms with Gasteiger partial charge >= 0.3 is 0 Å². The van der Waals surface area contributed by atoms with Crippen molar-refractivity contribution >= 4 is 17.2 Å². The third-order valence-electron chi connectivity index (χ3n) is 3.41. The molecule has 2 aromatic rings. The van der Waals surface area contributed by atoms with Crippen LogP contribution in [-0.4, -0.2) is 41.7 Å². The van der Waals surface area contributed by atoms with Crippen molar-refractivity contribution < 1.29 is 14.6 Å². The number of aliphatic hydroxyl groups excluding tert-OH is 1. The zero-order valence-electron chi connectivity index (χ0n) is 12.7. The molecular weight excluding hydrogens is 300 g/mol. The summed E-state index contributed by atoms with van der Waals surface area (Å²) in [6.07, 6.45) is 0.487. The Bertz CT molecular complexity index is 600. The number of aromatic nitrogens is 1. The largest absolute Gasteiger partial charge is 0.396 e. The van der Waals surface area contributed by atoms with Crippen molar-refractivity contribution in [1.29, 1.82) is 0 Å². The van der Waals surface area contributed by atoms with Crippen LogP contribution in [0.2, 0.25) is 0 Å². The van der Waals surface area contributed by atoms with E-state index in [4.69, 9.17) is 4.74 Å². The van der Waals surface area contributed by atoms with E-state index < -0.39 is 0 Å². The molecule has 0 spiro atoms. The highest BCUT2D eigenvalue weighted by Crippen LogP contribution is 2.24. The summed E-state index contributed by atoms with van der Waals surface area (Å²) in [5.74, 6) is -0.152. The Balaban J connectivity index is 2.18. The van der Waals surface area contributed by atoms with E-state index in [1.807, 2.05) is 30.3 Å². The lowest BCUT2D eigenvalue weighted by Crippen LogP contribution is -2.32. The lowest BCUT2D eigenvalue weighted by Gasteiger charge is -2.27. The van der Waals surface area contributed by atoms with Crippen molar-refractivity contribution in [3.63, 3.8) is 0 Å². The summed E-state index contributed by atoms with van der Waals surface area (Å²) in [6.45, 7) is 0.420. The molecule has 0 saturated heterocycles. The SMILES string of the molecule is COCc1nc(C(=O)N(C)C(CCO)c2ccccc2)cs1. The van der Waals surface area contributed by atoms with Gasteiger partial charge in [-0.05, 0) is 12.0 Å². The average Bonchev–Trinajstić information content (AvgIpc) is 3.01. The van der Waals surface area contributed by atoms with E-state index in [1.165, 1.54) is 11.3 Å². The van der Waals surface area contributed by atoms with Crippen LogP contribution in [0.5, 0.6) is 0 Å². The molecule has 22 heavy (non-hydrogen) atoms. The van der Waals surface area contributed by atoms with E-state index in [0.29, 0.717) is 18.7 Å². The summed E-state index contributed by atoms with van der Waals surface area (Å²) < 4.78 is 5.03. The summed E-state index contributed by atoms with van der Waals surface area (Å²) in [4.78, 5) is 18.5. The molecule has 0 saturated carbocycles. The fraction of sp³-hybridized carbons (Fsp3) is 0.375. The number of hydrogen-bond acceptors (Lipinski definition) is 5. The van der Waals surface area contributed by atoms with Crippen LogP contribution in [0, 0.1) is 0 Å². The van der Waals surface area contributed by atoms with Crippen LogP contribution in [0.25, 0.3) is 0 Å². The van der Waals surface area contributed by atoms with Gasteiger partial charge in [-0.25, -0.2) is 4.98 Å². The van der Waals surface area contributed by atoms with Crippen molar-refractivity contribution in [2.75, 3.05) is 20.8 Å². The van der Waals surface area contributed by atoms with E-state index in [1.54, 1.807) is 24.4 Å². The number of carbonyl (C=O) groups is 1. The number of ether oxygens (including phenoxy) is 1. The lowest BCUT2D eigenvalue weighted by molar-refractivity contribution is 0.0699. The summed E-state index contributed by atoms with van der Waals surface area (Å²) in [5.41, 5.74) is 1.41. The quantitative estimate of drug-likeness (QED) is 0.851. The Morgan fingerprint density at radius 2 is 2.14 bits per heavy atom. The Morgan fingerprint density at radius 3 is 2.77 bits per heavy atom. The number of amides is 1. The number of hydrogen-bond donors (Lipinski definition) is 1. The molecule has 1 atom stereocenters. The normalized spacial score (nSPS) is 12.1. The summed E-state index contributed by atoms with van der Waals surface area (Å²) in [6, 6.07) is 9.53. The number of aliphatic hydroxyl groups is 1. The minimum absolute atomic E-state index is 0.0170. The van der Waals surface area contributed by atoms with Crippen molar-refractivity contribution in [2.45, 2.75) is 19.1 Å². The van der Waals surface area contributed by atoms with Gasteiger partial charge in [-0.15, -0.1) is 11.3 Å². The fourth-order valence-electron chi connectivity index (χ4n) is 2.30. The van der Waals surface area contributed by atoms with Crippen LogP contribution in [0.1, 0.15) is 33.5 Å². The van der Waals surface area contributed by atoms with E-state index in [9.17, 15) is 9.90 Å². The monoisotopic (exact) mass is 320 g/mol. The maximum atomic E-state index is 12.6. The first-order valence-corrected chi connectivity index (χ1v) is 7.91. The van der Waals surface area contributed by atoms with Crippen molar-refractivity contribution in [2.24, 2.45) is 0 Å². The Hall–Kier alpha value is -1.76. The van der Waals surface area contributed by atoms with E-state index in [2.05, 4.69) is 4.98 Å². The van der Waals surface area contributed by atoms with Gasteiger partial charge in [0.05, 0.1) is 12.6 Å². The molecule has 0 aliphatic heterocycles. The van der Waals surface area contributed by atoms with E-state index in [0.717, 1.165) is 10.6 Å². The van der Waals surface area contributed by atoms with Gasteiger partial charge < -0.3 is 14.7 Å². The second kappa shape index (κ2) is 8.03. The topological polar surface area (TPSA) is 62.7 Å². The molecule has 1 heterocycles. The molecule has 1 aromatic carbocycles. The second-order valence-corrected chi connectivity index (χ2v) is 5.86. The highest BCUT2D eigenvalue weighted by molar-refractivity contribution is 7.09.